The average molecular weight is 253 g/mol. The first-order valence-corrected chi connectivity index (χ1v) is 6.41. The third-order valence-electron chi connectivity index (χ3n) is 3.80. The molecule has 0 saturated carbocycles. The molecule has 0 radical (unpaired) electrons. The molecule has 1 N–H and O–H groups in total. The molecular formula is C16H15NO2. The molecule has 0 saturated heterocycles. The van der Waals surface area contributed by atoms with Crippen molar-refractivity contribution in [2.45, 2.75) is 26.2 Å². The summed E-state index contributed by atoms with van der Waals surface area (Å²) in [5.74, 6) is -0.505. The lowest BCUT2D eigenvalue weighted by atomic mass is 9.81. The Morgan fingerprint density at radius 1 is 1.37 bits per heavy atom. The van der Waals surface area contributed by atoms with Crippen LogP contribution in [0.5, 0.6) is 0 Å². The van der Waals surface area contributed by atoms with Crippen molar-refractivity contribution in [3.8, 4) is 11.3 Å². The van der Waals surface area contributed by atoms with Crippen LogP contribution in [0.2, 0.25) is 0 Å². The maximum Gasteiger partial charge on any atom is 0.337 e. The van der Waals surface area contributed by atoms with E-state index in [2.05, 4.69) is 24.0 Å². The number of nitrogens with zero attached hydrogens (tertiary/aromatic N) is 1. The molecule has 1 aromatic heterocycles. The molecule has 0 fully saturated rings. The Hall–Kier alpha value is -2.16. The SMILES string of the molecule is Cc1nc2c(cc1C(=O)O)CC(C)c1ccccc1-2. The predicted octanol–water partition coefficient (Wildman–Crippen LogP) is 3.41. The van der Waals surface area contributed by atoms with E-state index in [-0.39, 0.29) is 0 Å². The van der Waals surface area contributed by atoms with E-state index in [1.165, 1.54) is 5.56 Å². The highest BCUT2D eigenvalue weighted by atomic mass is 16.4. The number of hydrogen-bond donors (Lipinski definition) is 1. The minimum Gasteiger partial charge on any atom is -0.478 e. The molecule has 1 aliphatic rings. The molecule has 96 valence electrons. The van der Waals surface area contributed by atoms with E-state index in [4.69, 9.17) is 0 Å². The van der Waals surface area contributed by atoms with E-state index >= 15 is 0 Å². The van der Waals surface area contributed by atoms with Gasteiger partial charge in [0.1, 0.15) is 0 Å². The molecule has 19 heavy (non-hydrogen) atoms. The summed E-state index contributed by atoms with van der Waals surface area (Å²) >= 11 is 0. The van der Waals surface area contributed by atoms with Gasteiger partial charge in [0.2, 0.25) is 0 Å². The van der Waals surface area contributed by atoms with Crippen molar-refractivity contribution in [1.29, 1.82) is 0 Å². The highest BCUT2D eigenvalue weighted by Crippen LogP contribution is 2.38. The summed E-state index contributed by atoms with van der Waals surface area (Å²) in [5.41, 5.74) is 5.30. The van der Waals surface area contributed by atoms with Crippen molar-refractivity contribution in [3.63, 3.8) is 0 Å². The standard InChI is InChI=1S/C16H15NO2/c1-9-7-11-8-14(16(18)19)10(2)17-15(11)13-6-4-3-5-12(9)13/h3-6,8-9H,7H2,1-2H3,(H,18,19). The van der Waals surface area contributed by atoms with Gasteiger partial charge in [0.05, 0.1) is 17.0 Å². The summed E-state index contributed by atoms with van der Waals surface area (Å²) in [4.78, 5) is 15.7. The van der Waals surface area contributed by atoms with Gasteiger partial charge in [-0.1, -0.05) is 31.2 Å². The number of carbonyl (C=O) groups is 1. The van der Waals surface area contributed by atoms with E-state index in [1.54, 1.807) is 13.0 Å². The second-order valence-electron chi connectivity index (χ2n) is 5.13. The third kappa shape index (κ3) is 1.82. The number of fused-ring (bicyclic) bond motifs is 3. The van der Waals surface area contributed by atoms with Crippen LogP contribution in [0, 0.1) is 6.92 Å². The molecule has 3 heteroatoms. The molecule has 1 atom stereocenters. The van der Waals surface area contributed by atoms with E-state index in [0.29, 0.717) is 17.2 Å². The first kappa shape index (κ1) is 11.9. The van der Waals surface area contributed by atoms with Gasteiger partial charge in [0.25, 0.3) is 0 Å². The van der Waals surface area contributed by atoms with Gasteiger partial charge >= 0.3 is 5.97 Å². The molecule has 0 bridgehead atoms. The Bertz CT molecular complexity index is 676. The number of aryl methyl sites for hydroxylation is 1. The van der Waals surface area contributed by atoms with Gasteiger partial charge < -0.3 is 5.11 Å². The number of pyridine rings is 1. The van der Waals surface area contributed by atoms with Crippen LogP contribution in [-0.4, -0.2) is 16.1 Å². The lowest BCUT2D eigenvalue weighted by molar-refractivity contribution is 0.0695. The van der Waals surface area contributed by atoms with Crippen LogP contribution in [0.15, 0.2) is 30.3 Å². The van der Waals surface area contributed by atoms with Crippen LogP contribution in [0.1, 0.15) is 40.0 Å². The number of rotatable bonds is 1. The fourth-order valence-corrected chi connectivity index (χ4v) is 2.83. The topological polar surface area (TPSA) is 50.2 Å². The summed E-state index contributed by atoms with van der Waals surface area (Å²) in [6, 6.07) is 10.0. The summed E-state index contributed by atoms with van der Waals surface area (Å²) < 4.78 is 0. The summed E-state index contributed by atoms with van der Waals surface area (Å²) in [5, 5.41) is 9.19. The zero-order valence-electron chi connectivity index (χ0n) is 11.0. The minimum absolute atomic E-state index is 0.310. The molecule has 3 rings (SSSR count). The van der Waals surface area contributed by atoms with Gasteiger partial charge in [-0.25, -0.2) is 4.79 Å². The number of carboxylic acid groups (broad SMARTS) is 1. The molecule has 0 spiro atoms. The Balaban J connectivity index is 2.26. The van der Waals surface area contributed by atoms with Gasteiger partial charge in [-0.15, -0.1) is 0 Å². The van der Waals surface area contributed by atoms with Gasteiger partial charge in [-0.3, -0.25) is 4.98 Å². The average Bonchev–Trinajstić information content (AvgIpc) is 2.39. The second kappa shape index (κ2) is 4.19. The molecular weight excluding hydrogens is 238 g/mol. The van der Waals surface area contributed by atoms with Crippen LogP contribution in [-0.2, 0) is 6.42 Å². The number of carboxylic acids is 1. The first-order chi connectivity index (χ1) is 9.08. The van der Waals surface area contributed by atoms with E-state index in [0.717, 1.165) is 23.2 Å². The fourth-order valence-electron chi connectivity index (χ4n) is 2.83. The predicted molar refractivity (Wildman–Crippen MR) is 73.5 cm³/mol. The molecule has 3 nitrogen and oxygen atoms in total. The smallest absolute Gasteiger partial charge is 0.337 e. The summed E-state index contributed by atoms with van der Waals surface area (Å²) in [7, 11) is 0. The minimum atomic E-state index is -0.903. The lowest BCUT2D eigenvalue weighted by Gasteiger charge is -2.25. The molecule has 1 unspecified atom stereocenters. The lowest BCUT2D eigenvalue weighted by Crippen LogP contribution is -2.13. The number of hydrogen-bond acceptors (Lipinski definition) is 2. The van der Waals surface area contributed by atoms with Crippen molar-refractivity contribution in [2.24, 2.45) is 0 Å². The molecule has 2 aromatic rings. The van der Waals surface area contributed by atoms with Crippen LogP contribution in [0.3, 0.4) is 0 Å². The van der Waals surface area contributed by atoms with Gasteiger partial charge in [0, 0.05) is 5.56 Å². The van der Waals surface area contributed by atoms with Crippen LogP contribution >= 0.6 is 0 Å². The third-order valence-corrected chi connectivity index (χ3v) is 3.80. The van der Waals surface area contributed by atoms with Gasteiger partial charge in [-0.05, 0) is 36.5 Å². The Morgan fingerprint density at radius 2 is 2.11 bits per heavy atom. The van der Waals surface area contributed by atoms with E-state index in [9.17, 15) is 9.90 Å². The zero-order chi connectivity index (χ0) is 13.6. The highest BCUT2D eigenvalue weighted by molar-refractivity contribution is 5.90. The number of aromatic carboxylic acids is 1. The van der Waals surface area contributed by atoms with Crippen LogP contribution in [0.25, 0.3) is 11.3 Å². The summed E-state index contributed by atoms with van der Waals surface area (Å²) in [6.07, 6.45) is 0.847. The van der Waals surface area contributed by atoms with Crippen molar-refractivity contribution in [2.75, 3.05) is 0 Å². The maximum absolute atomic E-state index is 11.2. The Morgan fingerprint density at radius 3 is 2.84 bits per heavy atom. The molecule has 1 aromatic carbocycles. The Labute approximate surface area is 111 Å². The summed E-state index contributed by atoms with van der Waals surface area (Å²) in [6.45, 7) is 3.92. The molecule has 1 heterocycles. The highest BCUT2D eigenvalue weighted by Gasteiger charge is 2.24. The Kier molecular flexibility index (Phi) is 2.63. The van der Waals surface area contributed by atoms with Gasteiger partial charge in [-0.2, -0.15) is 0 Å². The van der Waals surface area contributed by atoms with E-state index in [1.807, 2.05) is 12.1 Å². The van der Waals surface area contributed by atoms with E-state index < -0.39 is 5.97 Å². The van der Waals surface area contributed by atoms with Gasteiger partial charge in [0.15, 0.2) is 0 Å². The normalized spacial score (nSPS) is 16.6. The van der Waals surface area contributed by atoms with Crippen LogP contribution in [0.4, 0.5) is 0 Å². The van der Waals surface area contributed by atoms with Crippen LogP contribution < -0.4 is 0 Å². The molecule has 1 aliphatic carbocycles. The fraction of sp³-hybridized carbons (Fsp3) is 0.250. The van der Waals surface area contributed by atoms with Crippen molar-refractivity contribution in [1.82, 2.24) is 4.98 Å². The second-order valence-corrected chi connectivity index (χ2v) is 5.13. The maximum atomic E-state index is 11.2. The monoisotopic (exact) mass is 253 g/mol. The largest absolute Gasteiger partial charge is 0.478 e. The quantitative estimate of drug-likeness (QED) is 0.847. The number of aromatic nitrogens is 1. The van der Waals surface area contributed by atoms with Crippen molar-refractivity contribution >= 4 is 5.97 Å². The van der Waals surface area contributed by atoms with Crippen molar-refractivity contribution < 1.29 is 9.90 Å². The van der Waals surface area contributed by atoms with Crippen molar-refractivity contribution in [3.05, 3.63) is 52.7 Å². The molecule has 0 amide bonds. The zero-order valence-corrected chi connectivity index (χ0v) is 11.0. The molecule has 0 aliphatic heterocycles. The first-order valence-electron chi connectivity index (χ1n) is 6.41. The number of benzene rings is 1.